The Kier molecular flexibility index (Phi) is 8.84. The molecule has 0 heterocycles. The average Bonchev–Trinajstić information content (AvgIpc) is 2.65. The van der Waals surface area contributed by atoms with Crippen LogP contribution in [-0.4, -0.2) is 48.4 Å². The van der Waals surface area contributed by atoms with Crippen LogP contribution in [-0.2, 0) is 19.2 Å². The maximum absolute atomic E-state index is 12.5. The Balaban J connectivity index is 2.71. The van der Waals surface area contributed by atoms with Crippen molar-refractivity contribution in [3.8, 4) is 0 Å². The minimum Gasteiger partial charge on any atom is -0.344 e. The van der Waals surface area contributed by atoms with Crippen molar-refractivity contribution in [3.05, 3.63) is 35.9 Å². The van der Waals surface area contributed by atoms with E-state index in [1.807, 2.05) is 0 Å². The highest BCUT2D eigenvalue weighted by Gasteiger charge is 2.27. The van der Waals surface area contributed by atoms with Crippen LogP contribution >= 0.6 is 0 Å². The normalized spacial score (nSPS) is 13.8. The van der Waals surface area contributed by atoms with Crippen molar-refractivity contribution in [2.75, 3.05) is 0 Å². The molecular weight excluding hydrogens is 350 g/mol. The van der Waals surface area contributed by atoms with Crippen molar-refractivity contribution in [2.24, 2.45) is 5.92 Å². The molecule has 0 radical (unpaired) electrons. The van der Waals surface area contributed by atoms with Crippen molar-refractivity contribution in [3.63, 3.8) is 0 Å². The Morgan fingerprint density at radius 3 is 2.07 bits per heavy atom. The Morgan fingerprint density at radius 2 is 1.56 bits per heavy atom. The summed E-state index contributed by atoms with van der Waals surface area (Å²) >= 11 is 0. The molecule has 1 aromatic rings. The molecule has 1 rings (SSSR count). The second-order valence-electron chi connectivity index (χ2n) is 6.44. The van der Waals surface area contributed by atoms with E-state index in [4.69, 9.17) is 0 Å². The number of rotatable bonds is 10. The van der Waals surface area contributed by atoms with Gasteiger partial charge in [0.2, 0.25) is 11.8 Å². The lowest BCUT2D eigenvalue weighted by molar-refractivity contribution is -0.131. The maximum atomic E-state index is 12.5. The molecule has 0 aliphatic carbocycles. The number of hydrogen-bond donors (Lipinski definition) is 3. The summed E-state index contributed by atoms with van der Waals surface area (Å²) in [6.07, 6.45) is 0.839. The van der Waals surface area contributed by atoms with Gasteiger partial charge in [0.15, 0.2) is 0 Å². The van der Waals surface area contributed by atoms with E-state index in [0.717, 1.165) is 0 Å². The molecule has 0 spiro atoms. The van der Waals surface area contributed by atoms with E-state index in [-0.39, 0.29) is 12.3 Å². The summed E-state index contributed by atoms with van der Waals surface area (Å²) in [5, 5.41) is 7.55. The lowest BCUT2D eigenvalue weighted by Gasteiger charge is -2.24. The van der Waals surface area contributed by atoms with E-state index < -0.39 is 35.8 Å². The first-order chi connectivity index (χ1) is 12.8. The van der Waals surface area contributed by atoms with Gasteiger partial charge in [-0.1, -0.05) is 32.0 Å². The van der Waals surface area contributed by atoms with Gasteiger partial charge >= 0.3 is 0 Å². The molecule has 1 aromatic carbocycles. The fourth-order valence-electron chi connectivity index (χ4n) is 2.28. The molecule has 146 valence electrons. The molecule has 0 saturated heterocycles. The summed E-state index contributed by atoms with van der Waals surface area (Å²) in [6, 6.07) is 5.75. The van der Waals surface area contributed by atoms with Crippen molar-refractivity contribution >= 4 is 30.3 Å². The average molecular weight is 375 g/mol. The number of amides is 3. The Bertz CT molecular complexity index is 675. The number of carbonyl (C=O) groups is 5. The van der Waals surface area contributed by atoms with Crippen molar-refractivity contribution in [2.45, 2.75) is 45.3 Å². The van der Waals surface area contributed by atoms with Crippen LogP contribution in [0.2, 0.25) is 0 Å². The number of benzene rings is 1. The van der Waals surface area contributed by atoms with E-state index >= 15 is 0 Å². The molecule has 27 heavy (non-hydrogen) atoms. The molecule has 0 bridgehead atoms. The van der Waals surface area contributed by atoms with Crippen LogP contribution in [0.25, 0.3) is 0 Å². The van der Waals surface area contributed by atoms with Gasteiger partial charge in [-0.2, -0.15) is 0 Å². The Hall–Kier alpha value is -3.03. The fraction of sp³-hybridized carbons (Fsp3) is 0.421. The van der Waals surface area contributed by atoms with Crippen LogP contribution in [0.1, 0.15) is 37.6 Å². The SMILES string of the molecule is CC(C)C(NC(=O)c1ccccc1)C(=O)N[C@@H](C)C(=O)N[C@H](C=O)CC=O. The van der Waals surface area contributed by atoms with Gasteiger partial charge in [0, 0.05) is 12.0 Å². The number of nitrogens with one attached hydrogen (secondary N) is 3. The molecule has 3 N–H and O–H groups in total. The zero-order valence-electron chi connectivity index (χ0n) is 15.6. The quantitative estimate of drug-likeness (QED) is 0.505. The molecule has 8 heteroatoms. The zero-order valence-corrected chi connectivity index (χ0v) is 15.6. The van der Waals surface area contributed by atoms with Crippen LogP contribution in [0.5, 0.6) is 0 Å². The highest BCUT2D eigenvalue weighted by molar-refractivity contribution is 5.98. The summed E-state index contributed by atoms with van der Waals surface area (Å²) in [5.41, 5.74) is 0.421. The summed E-state index contributed by atoms with van der Waals surface area (Å²) in [6.45, 7) is 4.99. The summed E-state index contributed by atoms with van der Waals surface area (Å²) in [4.78, 5) is 58.2. The molecule has 3 atom stereocenters. The lowest BCUT2D eigenvalue weighted by atomic mass is 10.0. The number of aldehydes is 2. The molecular formula is C19H25N3O5. The third-order valence-electron chi connectivity index (χ3n) is 3.87. The minimum absolute atomic E-state index is 0.141. The molecule has 0 saturated carbocycles. The summed E-state index contributed by atoms with van der Waals surface area (Å²) in [5.74, 6) is -1.73. The number of hydrogen-bond acceptors (Lipinski definition) is 5. The highest BCUT2D eigenvalue weighted by atomic mass is 16.2. The Labute approximate surface area is 158 Å². The topological polar surface area (TPSA) is 121 Å². The van der Waals surface area contributed by atoms with Crippen LogP contribution in [0.3, 0.4) is 0 Å². The monoisotopic (exact) mass is 375 g/mol. The van der Waals surface area contributed by atoms with Crippen LogP contribution < -0.4 is 16.0 Å². The van der Waals surface area contributed by atoms with Gasteiger partial charge in [0.1, 0.15) is 24.7 Å². The van der Waals surface area contributed by atoms with E-state index in [2.05, 4.69) is 16.0 Å². The van der Waals surface area contributed by atoms with Crippen molar-refractivity contribution < 1.29 is 24.0 Å². The molecule has 3 amide bonds. The minimum atomic E-state index is -0.943. The molecule has 1 unspecified atom stereocenters. The smallest absolute Gasteiger partial charge is 0.251 e. The second kappa shape index (κ2) is 10.8. The second-order valence-corrected chi connectivity index (χ2v) is 6.44. The molecule has 0 fully saturated rings. The Morgan fingerprint density at radius 1 is 0.926 bits per heavy atom. The number of carbonyl (C=O) groups excluding carboxylic acids is 5. The van der Waals surface area contributed by atoms with E-state index in [1.54, 1.807) is 44.2 Å². The third-order valence-corrected chi connectivity index (χ3v) is 3.87. The van der Waals surface area contributed by atoms with Crippen LogP contribution in [0.4, 0.5) is 0 Å². The summed E-state index contributed by atoms with van der Waals surface area (Å²) in [7, 11) is 0. The predicted octanol–water partition coefficient (Wildman–Crippen LogP) is 0.218. The van der Waals surface area contributed by atoms with E-state index in [1.165, 1.54) is 6.92 Å². The maximum Gasteiger partial charge on any atom is 0.251 e. The van der Waals surface area contributed by atoms with Crippen LogP contribution in [0, 0.1) is 5.92 Å². The first kappa shape index (κ1) is 22.0. The highest BCUT2D eigenvalue weighted by Crippen LogP contribution is 2.06. The van der Waals surface area contributed by atoms with E-state index in [0.29, 0.717) is 18.1 Å². The first-order valence-corrected chi connectivity index (χ1v) is 8.65. The van der Waals surface area contributed by atoms with Gasteiger partial charge in [-0.25, -0.2) is 0 Å². The zero-order chi connectivity index (χ0) is 20.4. The van der Waals surface area contributed by atoms with E-state index in [9.17, 15) is 24.0 Å². The van der Waals surface area contributed by atoms with Crippen LogP contribution in [0.15, 0.2) is 30.3 Å². The molecule has 0 aromatic heterocycles. The first-order valence-electron chi connectivity index (χ1n) is 8.65. The van der Waals surface area contributed by atoms with Gasteiger partial charge in [0.05, 0.1) is 6.04 Å². The molecule has 0 aliphatic heterocycles. The van der Waals surface area contributed by atoms with Gasteiger partial charge in [0.25, 0.3) is 5.91 Å². The van der Waals surface area contributed by atoms with Crippen molar-refractivity contribution in [1.29, 1.82) is 0 Å². The molecule has 8 nitrogen and oxygen atoms in total. The van der Waals surface area contributed by atoms with Crippen molar-refractivity contribution in [1.82, 2.24) is 16.0 Å². The summed E-state index contributed by atoms with van der Waals surface area (Å²) < 4.78 is 0. The van der Waals surface area contributed by atoms with Gasteiger partial charge in [-0.15, -0.1) is 0 Å². The van der Waals surface area contributed by atoms with Gasteiger partial charge in [-0.05, 0) is 25.0 Å². The van der Waals surface area contributed by atoms with Gasteiger partial charge in [-0.3, -0.25) is 14.4 Å². The standard InChI is InChI=1S/C19H25N3O5/c1-12(2)16(22-18(26)14-7-5-4-6-8-14)19(27)20-13(3)17(25)21-15(11-24)9-10-23/h4-8,10-13,15-16H,9H2,1-3H3,(H,20,27)(H,21,25)(H,22,26)/t13-,15-,16?/m0/s1. The lowest BCUT2D eigenvalue weighted by Crippen LogP contribution is -2.55. The largest absolute Gasteiger partial charge is 0.344 e. The molecule has 0 aliphatic rings. The van der Waals surface area contributed by atoms with Gasteiger partial charge < -0.3 is 25.5 Å². The fourth-order valence-corrected chi connectivity index (χ4v) is 2.28. The predicted molar refractivity (Wildman–Crippen MR) is 98.8 cm³/mol. The third kappa shape index (κ3) is 7.01.